The molecule has 0 radical (unpaired) electrons. The van der Waals surface area contributed by atoms with Crippen LogP contribution in [0.2, 0.25) is 0 Å². The van der Waals surface area contributed by atoms with Crippen LogP contribution in [0.15, 0.2) is 0 Å². The molecule has 1 fully saturated rings. The van der Waals surface area contributed by atoms with Gasteiger partial charge in [-0.3, -0.25) is 9.59 Å². The van der Waals surface area contributed by atoms with E-state index in [9.17, 15) is 24.3 Å². The van der Waals surface area contributed by atoms with E-state index in [0.717, 1.165) is 0 Å². The third kappa shape index (κ3) is 2.50. The number of ether oxygens (including phenoxy) is 2. The molecule has 15 heavy (non-hydrogen) atoms. The smallest absolute Gasteiger partial charge is 0.481 e. The minimum atomic E-state index is -2.56. The number of carboxylic acid groups (broad SMARTS) is 1. The van der Waals surface area contributed by atoms with E-state index in [2.05, 4.69) is 9.47 Å². The molecule has 1 unspecified atom stereocenters. The molecule has 82 valence electrons. The molecule has 1 aliphatic heterocycles. The molecule has 1 atom stereocenters. The van der Waals surface area contributed by atoms with Crippen molar-refractivity contribution < 1.29 is 38.9 Å². The van der Waals surface area contributed by atoms with Crippen molar-refractivity contribution in [3.05, 3.63) is 0 Å². The topological polar surface area (TPSA) is 127 Å². The van der Waals surface area contributed by atoms with Gasteiger partial charge < -0.3 is 19.7 Å². The summed E-state index contributed by atoms with van der Waals surface area (Å²) in [4.78, 5) is 42.7. The first-order valence-electron chi connectivity index (χ1n) is 3.74. The van der Waals surface area contributed by atoms with E-state index in [4.69, 9.17) is 5.11 Å². The molecule has 0 aromatic heterocycles. The van der Waals surface area contributed by atoms with Crippen LogP contribution in [0.4, 0.5) is 4.79 Å². The number of carbonyl (C=O) groups is 4. The highest BCUT2D eigenvalue weighted by molar-refractivity contribution is 5.99. The second-order valence-corrected chi connectivity index (χ2v) is 2.89. The Morgan fingerprint density at radius 2 is 1.93 bits per heavy atom. The first kappa shape index (κ1) is 11.1. The second-order valence-electron chi connectivity index (χ2n) is 2.89. The highest BCUT2D eigenvalue weighted by Gasteiger charge is 2.47. The van der Waals surface area contributed by atoms with Crippen molar-refractivity contribution in [3.63, 3.8) is 0 Å². The Kier molecular flexibility index (Phi) is 2.71. The molecule has 0 saturated carbocycles. The number of aliphatic carboxylic acids is 1. The summed E-state index contributed by atoms with van der Waals surface area (Å²) in [5, 5.41) is 17.9. The number of rotatable bonds is 2. The molecular weight excluding hydrogens is 212 g/mol. The molecule has 0 aromatic carbocycles. The zero-order chi connectivity index (χ0) is 11.6. The van der Waals surface area contributed by atoms with Gasteiger partial charge in [-0.1, -0.05) is 0 Å². The maximum atomic E-state index is 11.0. The summed E-state index contributed by atoms with van der Waals surface area (Å²) in [5.74, 6) is -4.26. The lowest BCUT2D eigenvalue weighted by molar-refractivity contribution is -0.165. The highest BCUT2D eigenvalue weighted by Crippen LogP contribution is 2.21. The minimum absolute atomic E-state index is 0.941. The molecule has 0 amide bonds. The molecule has 1 heterocycles. The number of aliphatic hydroxyl groups is 1. The summed E-state index contributed by atoms with van der Waals surface area (Å²) < 4.78 is 7.75. The Morgan fingerprint density at radius 1 is 1.33 bits per heavy atom. The average Bonchev–Trinajstić information content (AvgIpc) is 2.07. The number of esters is 2. The molecule has 2 N–H and O–H groups in total. The van der Waals surface area contributed by atoms with Crippen molar-refractivity contribution >= 4 is 24.1 Å². The van der Waals surface area contributed by atoms with Gasteiger partial charge in [-0.2, -0.15) is 0 Å². The SMILES string of the molecule is O=C(O)CC1(O)CC(=O)OC(=O)OC1=O. The normalized spacial score (nSPS) is 26.6. The predicted molar refractivity (Wildman–Crippen MR) is 39.4 cm³/mol. The van der Waals surface area contributed by atoms with E-state index < -0.39 is 42.5 Å². The third-order valence-corrected chi connectivity index (χ3v) is 1.63. The van der Waals surface area contributed by atoms with Gasteiger partial charge in [0.2, 0.25) is 0 Å². The maximum Gasteiger partial charge on any atom is 0.524 e. The Balaban J connectivity index is 2.94. The highest BCUT2D eigenvalue weighted by atomic mass is 16.8. The predicted octanol–water partition coefficient (Wildman–Crippen LogP) is -1.20. The zero-order valence-corrected chi connectivity index (χ0v) is 7.26. The van der Waals surface area contributed by atoms with Crippen LogP contribution >= 0.6 is 0 Å². The van der Waals surface area contributed by atoms with Crippen LogP contribution in [0.3, 0.4) is 0 Å². The van der Waals surface area contributed by atoms with Crippen molar-refractivity contribution in [2.45, 2.75) is 18.4 Å². The standard InChI is InChI=1S/C7H6O8/c8-3(9)1-7(13)2-4(10)14-6(12)15-5(7)11/h13H,1-2H2,(H,8,9). The van der Waals surface area contributed by atoms with Gasteiger partial charge in [-0.25, -0.2) is 9.59 Å². The molecule has 1 aliphatic rings. The Labute approximate surface area is 82.4 Å². The van der Waals surface area contributed by atoms with Crippen molar-refractivity contribution in [1.29, 1.82) is 0 Å². The number of hydrogen-bond donors (Lipinski definition) is 2. The first-order valence-corrected chi connectivity index (χ1v) is 3.74. The molecular formula is C7H6O8. The second kappa shape index (κ2) is 3.65. The van der Waals surface area contributed by atoms with E-state index in [1.807, 2.05) is 0 Å². The molecule has 0 aromatic rings. The third-order valence-electron chi connectivity index (χ3n) is 1.63. The largest absolute Gasteiger partial charge is 0.524 e. The molecule has 1 rings (SSSR count). The van der Waals surface area contributed by atoms with Crippen molar-refractivity contribution in [2.75, 3.05) is 0 Å². The number of carbonyl (C=O) groups excluding carboxylic acids is 3. The first-order chi connectivity index (χ1) is 6.83. The van der Waals surface area contributed by atoms with Crippen molar-refractivity contribution in [1.82, 2.24) is 0 Å². The Morgan fingerprint density at radius 3 is 2.47 bits per heavy atom. The number of carboxylic acids is 1. The van der Waals surface area contributed by atoms with Crippen LogP contribution in [-0.2, 0) is 23.9 Å². The van der Waals surface area contributed by atoms with Gasteiger partial charge in [0, 0.05) is 0 Å². The molecule has 8 nitrogen and oxygen atoms in total. The lowest BCUT2D eigenvalue weighted by Gasteiger charge is -2.18. The van der Waals surface area contributed by atoms with E-state index in [-0.39, 0.29) is 0 Å². The summed E-state index contributed by atoms with van der Waals surface area (Å²) in [7, 11) is 0. The summed E-state index contributed by atoms with van der Waals surface area (Å²) >= 11 is 0. The molecule has 0 bridgehead atoms. The van der Waals surface area contributed by atoms with Crippen LogP contribution in [-0.4, -0.2) is 39.9 Å². The monoisotopic (exact) mass is 218 g/mol. The van der Waals surface area contributed by atoms with Crippen molar-refractivity contribution in [3.8, 4) is 0 Å². The van der Waals surface area contributed by atoms with Crippen LogP contribution in [0.1, 0.15) is 12.8 Å². The number of cyclic esters (lactones) is 4. The fourth-order valence-electron chi connectivity index (χ4n) is 1.02. The quantitative estimate of drug-likeness (QED) is 0.437. The van der Waals surface area contributed by atoms with Crippen LogP contribution in [0, 0.1) is 0 Å². The summed E-state index contributed by atoms with van der Waals surface area (Å²) in [6.07, 6.45) is -3.57. The summed E-state index contributed by atoms with van der Waals surface area (Å²) in [5.41, 5.74) is -2.56. The molecule has 1 saturated heterocycles. The van der Waals surface area contributed by atoms with Gasteiger partial charge in [0.05, 0.1) is 12.8 Å². The van der Waals surface area contributed by atoms with Gasteiger partial charge in [-0.05, 0) is 0 Å². The Hall–Kier alpha value is -1.96. The van der Waals surface area contributed by atoms with Crippen molar-refractivity contribution in [2.24, 2.45) is 0 Å². The van der Waals surface area contributed by atoms with E-state index >= 15 is 0 Å². The lowest BCUT2D eigenvalue weighted by atomic mass is 9.96. The average molecular weight is 218 g/mol. The summed E-state index contributed by atoms with van der Waals surface area (Å²) in [6.45, 7) is 0. The summed E-state index contributed by atoms with van der Waals surface area (Å²) in [6, 6.07) is 0. The van der Waals surface area contributed by atoms with Crippen LogP contribution < -0.4 is 0 Å². The van der Waals surface area contributed by atoms with Gasteiger partial charge in [0.1, 0.15) is 0 Å². The van der Waals surface area contributed by atoms with Gasteiger partial charge in [0.25, 0.3) is 0 Å². The maximum absolute atomic E-state index is 11.0. The minimum Gasteiger partial charge on any atom is -0.481 e. The van der Waals surface area contributed by atoms with E-state index in [1.54, 1.807) is 0 Å². The zero-order valence-electron chi connectivity index (χ0n) is 7.26. The Bertz CT molecular complexity index is 345. The number of hydrogen-bond acceptors (Lipinski definition) is 7. The van der Waals surface area contributed by atoms with E-state index in [1.165, 1.54) is 0 Å². The van der Waals surface area contributed by atoms with Crippen LogP contribution in [0.25, 0.3) is 0 Å². The molecule has 0 aliphatic carbocycles. The molecule has 0 spiro atoms. The van der Waals surface area contributed by atoms with Gasteiger partial charge >= 0.3 is 24.1 Å². The fourth-order valence-corrected chi connectivity index (χ4v) is 1.02. The lowest BCUT2D eigenvalue weighted by Crippen LogP contribution is -2.42. The van der Waals surface area contributed by atoms with Gasteiger partial charge in [-0.15, -0.1) is 0 Å². The fraction of sp³-hybridized carbons (Fsp3) is 0.429. The molecule has 8 heteroatoms. The van der Waals surface area contributed by atoms with E-state index in [0.29, 0.717) is 0 Å². The van der Waals surface area contributed by atoms with Crippen LogP contribution in [0.5, 0.6) is 0 Å². The van der Waals surface area contributed by atoms with Gasteiger partial charge in [0.15, 0.2) is 5.60 Å².